The van der Waals surface area contributed by atoms with Crippen molar-refractivity contribution in [3.05, 3.63) is 47.5 Å². The molecule has 1 amide bonds. The molecular formula is C14H17FN4O. The molecule has 2 rings (SSSR count). The van der Waals surface area contributed by atoms with Crippen LogP contribution >= 0.6 is 0 Å². The van der Waals surface area contributed by atoms with Crippen molar-refractivity contribution < 1.29 is 9.18 Å². The van der Waals surface area contributed by atoms with Crippen molar-refractivity contribution in [1.82, 2.24) is 14.7 Å². The van der Waals surface area contributed by atoms with Gasteiger partial charge in [-0.1, -0.05) is 0 Å². The Kier molecular flexibility index (Phi) is 3.85. The van der Waals surface area contributed by atoms with Gasteiger partial charge in [-0.3, -0.25) is 4.79 Å². The van der Waals surface area contributed by atoms with Crippen LogP contribution in [0, 0.1) is 5.82 Å². The summed E-state index contributed by atoms with van der Waals surface area (Å²) < 4.78 is 14.9. The van der Waals surface area contributed by atoms with Gasteiger partial charge in [-0.25, -0.2) is 9.07 Å². The molecule has 0 spiro atoms. The first-order chi connectivity index (χ1) is 9.40. The van der Waals surface area contributed by atoms with Gasteiger partial charge >= 0.3 is 0 Å². The third-order valence-corrected chi connectivity index (χ3v) is 2.94. The lowest BCUT2D eigenvalue weighted by molar-refractivity contribution is 0.0821. The Morgan fingerprint density at radius 1 is 1.40 bits per heavy atom. The van der Waals surface area contributed by atoms with Gasteiger partial charge in [0.05, 0.1) is 5.69 Å². The molecule has 0 aliphatic carbocycles. The molecule has 0 aliphatic rings. The fraction of sp³-hybridized carbons (Fsp3) is 0.286. The normalized spacial score (nSPS) is 12.2. The zero-order valence-electron chi connectivity index (χ0n) is 11.7. The van der Waals surface area contributed by atoms with Crippen LogP contribution in [0.1, 0.15) is 29.0 Å². The van der Waals surface area contributed by atoms with E-state index in [0.717, 1.165) is 0 Å². The van der Waals surface area contributed by atoms with Gasteiger partial charge in [-0.2, -0.15) is 5.10 Å². The van der Waals surface area contributed by atoms with Gasteiger partial charge in [0.25, 0.3) is 5.91 Å². The van der Waals surface area contributed by atoms with Crippen LogP contribution in [0.4, 0.5) is 4.39 Å². The number of nitrogens with zero attached hydrogens (tertiary/aromatic N) is 3. The first kappa shape index (κ1) is 14.2. The minimum atomic E-state index is -0.349. The van der Waals surface area contributed by atoms with Crippen LogP contribution in [0.15, 0.2) is 30.5 Å². The number of hydrogen-bond acceptors (Lipinski definition) is 3. The molecule has 1 aromatic heterocycles. The second-order valence-electron chi connectivity index (χ2n) is 4.84. The van der Waals surface area contributed by atoms with Crippen molar-refractivity contribution in [3.63, 3.8) is 0 Å². The summed E-state index contributed by atoms with van der Waals surface area (Å²) in [4.78, 5) is 13.3. The number of amides is 1. The third-order valence-electron chi connectivity index (χ3n) is 2.94. The average Bonchev–Trinajstić information content (AvgIpc) is 2.86. The number of halogens is 1. The van der Waals surface area contributed by atoms with Gasteiger partial charge in [0.1, 0.15) is 5.82 Å². The Labute approximate surface area is 116 Å². The molecule has 0 saturated carbocycles. The van der Waals surface area contributed by atoms with Crippen molar-refractivity contribution in [3.8, 4) is 5.69 Å². The second kappa shape index (κ2) is 5.42. The van der Waals surface area contributed by atoms with E-state index < -0.39 is 0 Å². The summed E-state index contributed by atoms with van der Waals surface area (Å²) in [7, 11) is 3.32. The summed E-state index contributed by atoms with van der Waals surface area (Å²) in [6.45, 7) is 1.77. The van der Waals surface area contributed by atoms with E-state index in [4.69, 9.17) is 5.73 Å². The maximum absolute atomic E-state index is 13.3. The van der Waals surface area contributed by atoms with Crippen molar-refractivity contribution >= 4 is 5.91 Å². The molecule has 1 atom stereocenters. The predicted octanol–water partition coefficient (Wildman–Crippen LogP) is 1.73. The largest absolute Gasteiger partial charge is 0.343 e. The van der Waals surface area contributed by atoms with Crippen LogP contribution in [0.5, 0.6) is 0 Å². The van der Waals surface area contributed by atoms with Gasteiger partial charge in [0.2, 0.25) is 0 Å². The Hall–Kier alpha value is -2.21. The van der Waals surface area contributed by atoms with E-state index in [1.165, 1.54) is 21.7 Å². The maximum Gasteiger partial charge on any atom is 0.273 e. The van der Waals surface area contributed by atoms with E-state index in [2.05, 4.69) is 5.10 Å². The summed E-state index contributed by atoms with van der Waals surface area (Å²) in [6.07, 6.45) is 1.66. The highest BCUT2D eigenvalue weighted by Crippen LogP contribution is 2.21. The molecule has 2 aromatic rings. The fourth-order valence-electron chi connectivity index (χ4n) is 1.90. The van der Waals surface area contributed by atoms with Gasteiger partial charge in [-0.05, 0) is 36.8 Å². The van der Waals surface area contributed by atoms with Gasteiger partial charge < -0.3 is 10.6 Å². The molecule has 106 valence electrons. The summed E-state index contributed by atoms with van der Waals surface area (Å²) in [5, 5.41) is 4.22. The van der Waals surface area contributed by atoms with E-state index in [1.54, 1.807) is 39.3 Å². The van der Waals surface area contributed by atoms with Crippen molar-refractivity contribution in [2.75, 3.05) is 14.1 Å². The molecule has 1 unspecified atom stereocenters. The van der Waals surface area contributed by atoms with E-state index in [0.29, 0.717) is 16.9 Å². The number of nitrogens with two attached hydrogens (primary N) is 1. The van der Waals surface area contributed by atoms with Crippen LogP contribution in [0.25, 0.3) is 5.69 Å². The first-order valence-corrected chi connectivity index (χ1v) is 6.23. The average molecular weight is 276 g/mol. The van der Waals surface area contributed by atoms with E-state index in [1.807, 2.05) is 0 Å². The molecule has 6 heteroatoms. The lowest BCUT2D eigenvalue weighted by atomic mass is 10.1. The molecule has 20 heavy (non-hydrogen) atoms. The minimum Gasteiger partial charge on any atom is -0.343 e. The number of carbonyl (C=O) groups excluding carboxylic acids is 1. The molecule has 1 aromatic carbocycles. The first-order valence-electron chi connectivity index (χ1n) is 6.23. The zero-order chi connectivity index (χ0) is 14.9. The molecule has 0 radical (unpaired) electrons. The van der Waals surface area contributed by atoms with Crippen LogP contribution < -0.4 is 5.73 Å². The highest BCUT2D eigenvalue weighted by Gasteiger charge is 2.15. The SMILES string of the molecule is CC(N)c1cc(F)ccc1-n1ccc(C(=O)N(C)C)n1. The Morgan fingerprint density at radius 3 is 2.70 bits per heavy atom. The lowest BCUT2D eigenvalue weighted by Gasteiger charge is -2.13. The molecule has 0 saturated heterocycles. The number of benzene rings is 1. The molecule has 5 nitrogen and oxygen atoms in total. The maximum atomic E-state index is 13.3. The third kappa shape index (κ3) is 2.70. The molecule has 1 heterocycles. The second-order valence-corrected chi connectivity index (χ2v) is 4.84. The van der Waals surface area contributed by atoms with E-state index >= 15 is 0 Å². The molecule has 2 N–H and O–H groups in total. The zero-order valence-corrected chi connectivity index (χ0v) is 11.7. The summed E-state index contributed by atoms with van der Waals surface area (Å²) in [6, 6.07) is 5.62. The van der Waals surface area contributed by atoms with Gasteiger partial charge in [0, 0.05) is 26.3 Å². The predicted molar refractivity (Wildman–Crippen MR) is 74.1 cm³/mol. The quantitative estimate of drug-likeness (QED) is 0.928. The van der Waals surface area contributed by atoms with Crippen LogP contribution in [-0.4, -0.2) is 34.7 Å². The number of aromatic nitrogens is 2. The van der Waals surface area contributed by atoms with Crippen molar-refractivity contribution in [2.24, 2.45) is 5.73 Å². The molecule has 0 fully saturated rings. The number of hydrogen-bond donors (Lipinski definition) is 1. The van der Waals surface area contributed by atoms with E-state index in [-0.39, 0.29) is 17.8 Å². The molecular weight excluding hydrogens is 259 g/mol. The summed E-state index contributed by atoms with van der Waals surface area (Å²) in [5.41, 5.74) is 7.48. The monoisotopic (exact) mass is 276 g/mol. The topological polar surface area (TPSA) is 64.2 Å². The molecule has 0 bridgehead atoms. The van der Waals surface area contributed by atoms with Crippen LogP contribution in [0.2, 0.25) is 0 Å². The summed E-state index contributed by atoms with van der Waals surface area (Å²) >= 11 is 0. The van der Waals surface area contributed by atoms with Gasteiger partial charge in [-0.15, -0.1) is 0 Å². The minimum absolute atomic E-state index is 0.187. The van der Waals surface area contributed by atoms with Crippen molar-refractivity contribution in [2.45, 2.75) is 13.0 Å². The smallest absolute Gasteiger partial charge is 0.273 e. The van der Waals surface area contributed by atoms with Crippen LogP contribution in [-0.2, 0) is 0 Å². The highest BCUT2D eigenvalue weighted by molar-refractivity contribution is 5.91. The summed E-state index contributed by atoms with van der Waals surface area (Å²) in [5.74, 6) is -0.536. The van der Waals surface area contributed by atoms with E-state index in [9.17, 15) is 9.18 Å². The van der Waals surface area contributed by atoms with Gasteiger partial charge in [0.15, 0.2) is 5.69 Å². The number of rotatable bonds is 3. The molecule has 0 aliphatic heterocycles. The standard InChI is InChI=1S/C14H17FN4O/c1-9(16)11-8-10(15)4-5-13(11)19-7-6-12(17-19)14(20)18(2)3/h4-9H,16H2,1-3H3. The Balaban J connectivity index is 2.45. The fourth-order valence-corrected chi connectivity index (χ4v) is 1.90. The highest BCUT2D eigenvalue weighted by atomic mass is 19.1. The lowest BCUT2D eigenvalue weighted by Crippen LogP contribution is -2.22. The van der Waals surface area contributed by atoms with Crippen molar-refractivity contribution in [1.29, 1.82) is 0 Å². The Morgan fingerprint density at radius 2 is 2.10 bits per heavy atom. The number of carbonyl (C=O) groups is 1. The van der Waals surface area contributed by atoms with Crippen LogP contribution in [0.3, 0.4) is 0 Å². The Bertz CT molecular complexity index is 634.